The maximum Gasteiger partial charge on any atom is 0.255 e. The molecular formula is C22H25FN2O2. The van der Waals surface area contributed by atoms with E-state index >= 15 is 0 Å². The fourth-order valence-electron chi connectivity index (χ4n) is 4.57. The van der Waals surface area contributed by atoms with Gasteiger partial charge in [0.05, 0.1) is 12.7 Å². The lowest BCUT2D eigenvalue weighted by atomic mass is 9.96. The molecule has 1 N–H and O–H groups in total. The van der Waals surface area contributed by atoms with Gasteiger partial charge in [0.2, 0.25) is 0 Å². The van der Waals surface area contributed by atoms with Crippen molar-refractivity contribution >= 4 is 5.91 Å². The number of nitrogens with one attached hydrogen (secondary N) is 1. The van der Waals surface area contributed by atoms with E-state index in [2.05, 4.69) is 34.5 Å². The van der Waals surface area contributed by atoms with Crippen LogP contribution >= 0.6 is 0 Å². The number of carbonyl (C=O) groups excluding carboxylic acids is 1. The number of piperidine rings is 1. The number of halogens is 1. The lowest BCUT2D eigenvalue weighted by Crippen LogP contribution is -2.50. The van der Waals surface area contributed by atoms with Gasteiger partial charge in [-0.05, 0) is 49.4 Å². The summed E-state index contributed by atoms with van der Waals surface area (Å²) in [5.74, 6) is -0.288. The minimum Gasteiger partial charge on any atom is -0.496 e. The highest BCUT2D eigenvalue weighted by Gasteiger charge is 2.41. The second-order valence-corrected chi connectivity index (χ2v) is 7.53. The van der Waals surface area contributed by atoms with Crippen molar-refractivity contribution in [3.63, 3.8) is 0 Å². The summed E-state index contributed by atoms with van der Waals surface area (Å²) in [5, 5.41) is 3.11. The zero-order chi connectivity index (χ0) is 18.8. The van der Waals surface area contributed by atoms with Crippen LogP contribution in [0.4, 0.5) is 4.39 Å². The first kappa shape index (κ1) is 18.0. The van der Waals surface area contributed by atoms with Gasteiger partial charge in [0.25, 0.3) is 5.91 Å². The molecule has 4 rings (SSSR count). The maximum absolute atomic E-state index is 13.6. The summed E-state index contributed by atoms with van der Waals surface area (Å²) in [6.45, 7) is 0.967. The average molecular weight is 368 g/mol. The number of hydrogen-bond acceptors (Lipinski definition) is 3. The Balaban J connectivity index is 1.42. The monoisotopic (exact) mass is 368 g/mol. The Kier molecular flexibility index (Phi) is 5.12. The SMILES string of the molecule is COc1ccc(F)cc1C(=O)NC1CC2CCC(C1)N2Cc1ccccc1. The molecule has 2 saturated heterocycles. The van der Waals surface area contributed by atoms with E-state index in [-0.39, 0.29) is 17.5 Å². The first-order valence-electron chi connectivity index (χ1n) is 9.58. The molecule has 4 nitrogen and oxygen atoms in total. The maximum atomic E-state index is 13.6. The van der Waals surface area contributed by atoms with Crippen LogP contribution in [-0.4, -0.2) is 36.0 Å². The predicted molar refractivity (Wildman–Crippen MR) is 102 cm³/mol. The lowest BCUT2D eigenvalue weighted by molar-refractivity contribution is 0.0825. The van der Waals surface area contributed by atoms with E-state index in [1.807, 2.05) is 6.07 Å². The van der Waals surface area contributed by atoms with Crippen LogP contribution in [0.5, 0.6) is 5.75 Å². The van der Waals surface area contributed by atoms with Crippen LogP contribution in [0.25, 0.3) is 0 Å². The Morgan fingerprint density at radius 2 is 1.85 bits per heavy atom. The number of benzene rings is 2. The second-order valence-electron chi connectivity index (χ2n) is 7.53. The van der Waals surface area contributed by atoms with Gasteiger partial charge in [0, 0.05) is 24.7 Å². The number of amides is 1. The smallest absolute Gasteiger partial charge is 0.255 e. The summed E-state index contributed by atoms with van der Waals surface area (Å²) < 4.78 is 18.8. The molecule has 142 valence electrons. The van der Waals surface area contributed by atoms with Crippen LogP contribution in [0.3, 0.4) is 0 Å². The van der Waals surface area contributed by atoms with E-state index in [9.17, 15) is 9.18 Å². The number of hydrogen-bond donors (Lipinski definition) is 1. The Labute approximate surface area is 159 Å². The molecule has 2 aromatic rings. The molecule has 0 saturated carbocycles. The van der Waals surface area contributed by atoms with Crippen molar-refractivity contribution in [1.82, 2.24) is 10.2 Å². The van der Waals surface area contributed by atoms with Crippen LogP contribution in [0.2, 0.25) is 0 Å². The van der Waals surface area contributed by atoms with Crippen molar-refractivity contribution in [2.75, 3.05) is 7.11 Å². The molecule has 2 unspecified atom stereocenters. The van der Waals surface area contributed by atoms with Crippen molar-refractivity contribution in [2.45, 2.75) is 50.4 Å². The van der Waals surface area contributed by atoms with Gasteiger partial charge in [-0.25, -0.2) is 4.39 Å². The topological polar surface area (TPSA) is 41.6 Å². The number of carbonyl (C=O) groups is 1. The number of nitrogens with zero attached hydrogens (tertiary/aromatic N) is 1. The van der Waals surface area contributed by atoms with Crippen LogP contribution in [0.15, 0.2) is 48.5 Å². The molecular weight excluding hydrogens is 343 g/mol. The van der Waals surface area contributed by atoms with Gasteiger partial charge in [-0.2, -0.15) is 0 Å². The second kappa shape index (κ2) is 7.69. The molecule has 0 aliphatic carbocycles. The summed E-state index contributed by atoms with van der Waals surface area (Å²) in [5.41, 5.74) is 1.60. The van der Waals surface area contributed by atoms with Gasteiger partial charge in [-0.3, -0.25) is 9.69 Å². The Morgan fingerprint density at radius 3 is 2.52 bits per heavy atom. The summed E-state index contributed by atoms with van der Waals surface area (Å²) in [6.07, 6.45) is 4.22. The average Bonchev–Trinajstić information content (AvgIpc) is 2.91. The molecule has 2 fully saturated rings. The molecule has 1 amide bonds. The van der Waals surface area contributed by atoms with Crippen LogP contribution < -0.4 is 10.1 Å². The summed E-state index contributed by atoms with van der Waals surface area (Å²) in [7, 11) is 1.49. The van der Waals surface area contributed by atoms with Gasteiger partial charge in [0.1, 0.15) is 11.6 Å². The molecule has 2 heterocycles. The highest BCUT2D eigenvalue weighted by molar-refractivity contribution is 5.97. The Hall–Kier alpha value is -2.40. The molecule has 0 spiro atoms. The van der Waals surface area contributed by atoms with Gasteiger partial charge < -0.3 is 10.1 Å². The fourth-order valence-corrected chi connectivity index (χ4v) is 4.57. The zero-order valence-electron chi connectivity index (χ0n) is 15.5. The molecule has 2 bridgehead atoms. The lowest BCUT2D eigenvalue weighted by Gasteiger charge is -2.39. The zero-order valence-corrected chi connectivity index (χ0v) is 15.5. The molecule has 2 aromatic carbocycles. The molecule has 2 aliphatic rings. The standard InChI is InChI=1S/C22H25FN2O2/c1-27-21-10-7-16(23)11-20(21)22(26)24-17-12-18-8-9-19(13-17)25(18)14-15-5-3-2-4-6-15/h2-7,10-11,17-19H,8-9,12-14H2,1H3,(H,24,26). The van der Waals surface area contributed by atoms with Crippen molar-refractivity contribution in [1.29, 1.82) is 0 Å². The first-order chi connectivity index (χ1) is 13.1. The third kappa shape index (κ3) is 3.83. The predicted octanol–water partition coefficient (Wildman–Crippen LogP) is 3.76. The van der Waals surface area contributed by atoms with E-state index in [4.69, 9.17) is 4.74 Å². The van der Waals surface area contributed by atoms with E-state index in [0.717, 1.165) is 19.4 Å². The highest BCUT2D eigenvalue weighted by atomic mass is 19.1. The Bertz CT molecular complexity index is 797. The fraction of sp³-hybridized carbons (Fsp3) is 0.409. The molecule has 27 heavy (non-hydrogen) atoms. The van der Waals surface area contributed by atoms with E-state index in [0.29, 0.717) is 17.8 Å². The molecule has 2 atom stereocenters. The summed E-state index contributed by atoms with van der Waals surface area (Å²) in [4.78, 5) is 15.3. The highest BCUT2D eigenvalue weighted by Crippen LogP contribution is 2.37. The van der Waals surface area contributed by atoms with Crippen molar-refractivity contribution in [2.24, 2.45) is 0 Å². The van der Waals surface area contributed by atoms with Crippen LogP contribution in [-0.2, 0) is 6.54 Å². The largest absolute Gasteiger partial charge is 0.496 e. The van der Waals surface area contributed by atoms with E-state index in [1.54, 1.807) is 0 Å². The summed E-state index contributed by atoms with van der Waals surface area (Å²) in [6, 6.07) is 15.7. The van der Waals surface area contributed by atoms with Crippen LogP contribution in [0, 0.1) is 5.82 Å². The quantitative estimate of drug-likeness (QED) is 0.874. The minimum absolute atomic E-state index is 0.120. The Morgan fingerprint density at radius 1 is 1.15 bits per heavy atom. The number of methoxy groups -OCH3 is 1. The number of fused-ring (bicyclic) bond motifs is 2. The van der Waals surface area contributed by atoms with Crippen LogP contribution in [0.1, 0.15) is 41.6 Å². The van der Waals surface area contributed by atoms with Crippen molar-refractivity contribution in [3.8, 4) is 5.75 Å². The van der Waals surface area contributed by atoms with Gasteiger partial charge >= 0.3 is 0 Å². The molecule has 5 heteroatoms. The summed E-state index contributed by atoms with van der Waals surface area (Å²) >= 11 is 0. The van der Waals surface area contributed by atoms with Crippen molar-refractivity contribution < 1.29 is 13.9 Å². The van der Waals surface area contributed by atoms with Crippen molar-refractivity contribution in [3.05, 3.63) is 65.5 Å². The molecule has 2 aliphatic heterocycles. The number of rotatable bonds is 5. The first-order valence-corrected chi connectivity index (χ1v) is 9.58. The molecule has 0 aromatic heterocycles. The van der Waals surface area contributed by atoms with Gasteiger partial charge in [0.15, 0.2) is 0 Å². The minimum atomic E-state index is -0.432. The third-order valence-electron chi connectivity index (χ3n) is 5.83. The van der Waals surface area contributed by atoms with Gasteiger partial charge in [-0.15, -0.1) is 0 Å². The van der Waals surface area contributed by atoms with E-state index < -0.39 is 5.82 Å². The van der Waals surface area contributed by atoms with E-state index in [1.165, 1.54) is 43.7 Å². The third-order valence-corrected chi connectivity index (χ3v) is 5.83. The normalized spacial score (nSPS) is 24.6. The molecule has 0 radical (unpaired) electrons. The number of ether oxygens (including phenoxy) is 1. The van der Waals surface area contributed by atoms with Gasteiger partial charge in [-0.1, -0.05) is 30.3 Å².